The van der Waals surface area contributed by atoms with E-state index in [1.54, 1.807) is 0 Å². The molecule has 154 valence electrons. The summed E-state index contributed by atoms with van der Waals surface area (Å²) in [4.78, 5) is 64.0. The number of ether oxygens (including phenoxy) is 2. The number of carbonyl (C=O) groups excluding carboxylic acids is 5. The fourth-order valence-corrected chi connectivity index (χ4v) is 2.77. The van der Waals surface area contributed by atoms with Crippen molar-refractivity contribution in [2.45, 2.75) is 32.6 Å². The van der Waals surface area contributed by atoms with E-state index in [-0.39, 0.29) is 57.6 Å². The summed E-state index contributed by atoms with van der Waals surface area (Å²) in [6.45, 7) is 2.73. The van der Waals surface area contributed by atoms with Crippen LogP contribution in [0.3, 0.4) is 0 Å². The molecule has 0 spiro atoms. The van der Waals surface area contributed by atoms with Crippen LogP contribution < -0.4 is 0 Å². The van der Waals surface area contributed by atoms with E-state index >= 15 is 0 Å². The molecule has 28 heavy (non-hydrogen) atoms. The van der Waals surface area contributed by atoms with E-state index in [0.717, 1.165) is 11.3 Å². The molecule has 10 nitrogen and oxygen atoms in total. The topological polar surface area (TPSA) is 120 Å². The number of hydrogen-bond donors (Lipinski definition) is 0. The van der Waals surface area contributed by atoms with Crippen LogP contribution in [-0.2, 0) is 38.3 Å². The monoisotopic (exact) mass is 396 g/mol. The smallest absolute Gasteiger partial charge is 0.335 e. The maximum absolute atomic E-state index is 12.0. The first-order valence-electron chi connectivity index (χ1n) is 9.20. The molecule has 2 rings (SSSR count). The first-order valence-corrected chi connectivity index (χ1v) is 9.20. The quantitative estimate of drug-likeness (QED) is 0.333. The van der Waals surface area contributed by atoms with Crippen LogP contribution in [-0.4, -0.2) is 72.5 Å². The second-order valence-corrected chi connectivity index (χ2v) is 6.32. The highest BCUT2D eigenvalue weighted by Crippen LogP contribution is 2.24. The van der Waals surface area contributed by atoms with Crippen molar-refractivity contribution in [3.63, 3.8) is 0 Å². The van der Waals surface area contributed by atoms with Gasteiger partial charge in [-0.2, -0.15) is 0 Å². The van der Waals surface area contributed by atoms with Crippen molar-refractivity contribution in [1.82, 2.24) is 9.96 Å². The van der Waals surface area contributed by atoms with Crippen molar-refractivity contribution in [3.8, 4) is 0 Å². The zero-order valence-corrected chi connectivity index (χ0v) is 15.8. The first-order chi connectivity index (χ1) is 13.4. The molecule has 1 unspecified atom stereocenters. The summed E-state index contributed by atoms with van der Waals surface area (Å²) in [5.41, 5.74) is 0. The molecule has 2 heterocycles. The fourth-order valence-electron chi connectivity index (χ4n) is 2.77. The molecule has 1 atom stereocenters. The van der Waals surface area contributed by atoms with Crippen molar-refractivity contribution < 1.29 is 38.3 Å². The Bertz CT molecular complexity index is 642. The Morgan fingerprint density at radius 2 is 1.68 bits per heavy atom. The van der Waals surface area contributed by atoms with Crippen molar-refractivity contribution in [3.05, 3.63) is 12.2 Å². The van der Waals surface area contributed by atoms with Gasteiger partial charge in [0.15, 0.2) is 0 Å². The van der Waals surface area contributed by atoms with Gasteiger partial charge in [0.25, 0.3) is 23.6 Å². The summed E-state index contributed by atoms with van der Waals surface area (Å²) < 4.78 is 10.5. The van der Waals surface area contributed by atoms with E-state index in [1.807, 2.05) is 6.92 Å². The predicted octanol–water partition coefficient (Wildman–Crippen LogP) is -0.0319. The third-order valence-electron chi connectivity index (χ3n) is 4.21. The number of carbonyl (C=O) groups is 5. The molecule has 2 aliphatic rings. The molecule has 10 heteroatoms. The summed E-state index contributed by atoms with van der Waals surface area (Å²) in [5.74, 6) is -2.84. The molecule has 0 saturated carbocycles. The highest BCUT2D eigenvalue weighted by molar-refractivity contribution is 6.12. The number of imide groups is 2. The van der Waals surface area contributed by atoms with Crippen molar-refractivity contribution in [2.75, 3.05) is 33.0 Å². The molecule has 0 aromatic rings. The van der Waals surface area contributed by atoms with Crippen LogP contribution in [0.4, 0.5) is 0 Å². The average molecular weight is 396 g/mol. The molecule has 2 aliphatic heterocycles. The van der Waals surface area contributed by atoms with Crippen LogP contribution in [0, 0.1) is 5.92 Å². The van der Waals surface area contributed by atoms with Crippen molar-refractivity contribution in [2.24, 2.45) is 5.92 Å². The molecule has 1 fully saturated rings. The Labute approximate surface area is 162 Å². The van der Waals surface area contributed by atoms with Crippen LogP contribution in [0.15, 0.2) is 12.2 Å². The minimum Gasteiger partial charge on any atom is -0.378 e. The van der Waals surface area contributed by atoms with E-state index in [9.17, 15) is 24.0 Å². The SMILES string of the molecule is CCCC1CC(=O)N(OC(=O)CCOCCOCCN2C(=O)C=CC2=O)C1=O. The van der Waals surface area contributed by atoms with Gasteiger partial charge in [0, 0.05) is 18.6 Å². The van der Waals surface area contributed by atoms with Gasteiger partial charge in [-0.1, -0.05) is 13.3 Å². The lowest BCUT2D eigenvalue weighted by molar-refractivity contribution is -0.198. The number of hydroxylamine groups is 2. The molecule has 0 aliphatic carbocycles. The van der Waals surface area contributed by atoms with Crippen LogP contribution in [0.5, 0.6) is 0 Å². The molecular weight excluding hydrogens is 372 g/mol. The molecule has 0 aromatic heterocycles. The van der Waals surface area contributed by atoms with E-state index in [1.165, 1.54) is 12.2 Å². The third-order valence-corrected chi connectivity index (χ3v) is 4.21. The second kappa shape index (κ2) is 10.7. The lowest BCUT2D eigenvalue weighted by Crippen LogP contribution is -2.33. The number of amides is 4. The number of hydrogen-bond acceptors (Lipinski definition) is 8. The first kappa shape index (κ1) is 21.7. The molecule has 4 amide bonds. The summed E-state index contributed by atoms with van der Waals surface area (Å²) in [6.07, 6.45) is 3.72. The van der Waals surface area contributed by atoms with Crippen LogP contribution in [0.2, 0.25) is 0 Å². The maximum Gasteiger partial charge on any atom is 0.335 e. The van der Waals surface area contributed by atoms with E-state index in [0.29, 0.717) is 11.5 Å². The molecule has 0 bridgehead atoms. The van der Waals surface area contributed by atoms with Gasteiger partial charge >= 0.3 is 5.97 Å². The normalized spacial score (nSPS) is 19.2. The van der Waals surface area contributed by atoms with Gasteiger partial charge in [0.05, 0.1) is 45.3 Å². The van der Waals surface area contributed by atoms with Crippen molar-refractivity contribution >= 4 is 29.6 Å². The Morgan fingerprint density at radius 1 is 1.04 bits per heavy atom. The van der Waals surface area contributed by atoms with Gasteiger partial charge in [-0.15, -0.1) is 5.06 Å². The summed E-state index contributed by atoms with van der Waals surface area (Å²) >= 11 is 0. The largest absolute Gasteiger partial charge is 0.378 e. The molecule has 0 N–H and O–H groups in total. The van der Waals surface area contributed by atoms with Gasteiger partial charge < -0.3 is 14.3 Å². The molecule has 1 saturated heterocycles. The second-order valence-electron chi connectivity index (χ2n) is 6.32. The zero-order valence-electron chi connectivity index (χ0n) is 15.8. The highest BCUT2D eigenvalue weighted by Gasteiger charge is 2.40. The van der Waals surface area contributed by atoms with Crippen molar-refractivity contribution in [1.29, 1.82) is 0 Å². The number of rotatable bonds is 12. The number of nitrogens with zero attached hydrogens (tertiary/aromatic N) is 2. The van der Waals surface area contributed by atoms with E-state index in [4.69, 9.17) is 14.3 Å². The van der Waals surface area contributed by atoms with E-state index < -0.39 is 23.7 Å². The van der Waals surface area contributed by atoms with Crippen LogP contribution in [0.25, 0.3) is 0 Å². The zero-order chi connectivity index (χ0) is 20.5. The maximum atomic E-state index is 12.0. The standard InChI is InChI=1S/C18H24N2O8/c1-2-3-13-12-16(23)20(18(13)25)28-17(24)6-8-26-10-11-27-9-7-19-14(21)4-5-15(19)22/h4-5,13H,2-3,6-12H2,1H3. The highest BCUT2D eigenvalue weighted by atomic mass is 16.7. The van der Waals surface area contributed by atoms with Gasteiger partial charge in [0.1, 0.15) is 0 Å². The minimum atomic E-state index is -0.724. The lowest BCUT2D eigenvalue weighted by atomic mass is 10.0. The Hall–Kier alpha value is -2.59. The molecule has 0 radical (unpaired) electrons. The fraction of sp³-hybridized carbons (Fsp3) is 0.611. The lowest BCUT2D eigenvalue weighted by Gasteiger charge is -2.14. The Morgan fingerprint density at radius 3 is 2.32 bits per heavy atom. The molecule has 0 aromatic carbocycles. The van der Waals surface area contributed by atoms with Gasteiger partial charge in [-0.25, -0.2) is 4.79 Å². The van der Waals surface area contributed by atoms with Gasteiger partial charge in [0.2, 0.25) is 0 Å². The van der Waals surface area contributed by atoms with Crippen LogP contribution >= 0.6 is 0 Å². The Kier molecular flexibility index (Phi) is 8.27. The van der Waals surface area contributed by atoms with Gasteiger partial charge in [-0.3, -0.25) is 24.1 Å². The Balaban J connectivity index is 1.51. The predicted molar refractivity (Wildman–Crippen MR) is 93.1 cm³/mol. The van der Waals surface area contributed by atoms with E-state index in [2.05, 4.69) is 0 Å². The van der Waals surface area contributed by atoms with Gasteiger partial charge in [-0.05, 0) is 6.42 Å². The summed E-state index contributed by atoms with van der Waals surface area (Å²) in [5, 5.41) is 0.557. The van der Waals surface area contributed by atoms with Crippen LogP contribution in [0.1, 0.15) is 32.6 Å². The third kappa shape index (κ3) is 5.96. The average Bonchev–Trinajstić information content (AvgIpc) is 3.11. The summed E-state index contributed by atoms with van der Waals surface area (Å²) in [7, 11) is 0. The molecular formula is C18H24N2O8. The minimum absolute atomic E-state index is 0.0455. The summed E-state index contributed by atoms with van der Waals surface area (Å²) in [6, 6.07) is 0.